The highest BCUT2D eigenvalue weighted by molar-refractivity contribution is 7.71. The minimum atomic E-state index is -0.245. The van der Waals surface area contributed by atoms with Gasteiger partial charge in [0.2, 0.25) is 5.91 Å². The standard InChI is InChI=1S/C17H15N3O3S/c1-23-10-15(21)18-11-6-8-12(9-7-11)20-16(22)13-4-2-3-5-14(13)19-17(20)24/h2-9H,10H2,1H3,(H,18,21)(H,19,24). The molecule has 0 bridgehead atoms. The van der Waals surface area contributed by atoms with Gasteiger partial charge in [-0.05, 0) is 48.6 Å². The van der Waals surface area contributed by atoms with Gasteiger partial charge in [-0.3, -0.25) is 14.2 Å². The maximum absolute atomic E-state index is 12.7. The first-order valence-corrected chi connectivity index (χ1v) is 7.64. The minimum absolute atomic E-state index is 0.0167. The van der Waals surface area contributed by atoms with E-state index < -0.39 is 0 Å². The van der Waals surface area contributed by atoms with Crippen molar-refractivity contribution < 1.29 is 9.53 Å². The number of methoxy groups -OCH3 is 1. The van der Waals surface area contributed by atoms with E-state index in [1.807, 2.05) is 12.1 Å². The number of carbonyl (C=O) groups is 1. The normalized spacial score (nSPS) is 10.7. The van der Waals surface area contributed by atoms with E-state index in [1.165, 1.54) is 11.7 Å². The molecule has 0 spiro atoms. The van der Waals surface area contributed by atoms with Gasteiger partial charge in [0.25, 0.3) is 5.56 Å². The SMILES string of the molecule is COCC(=O)Nc1ccc(-n2c(=S)[nH]c3ccccc3c2=O)cc1. The van der Waals surface area contributed by atoms with Crippen molar-refractivity contribution in [3.8, 4) is 5.69 Å². The fourth-order valence-electron chi connectivity index (χ4n) is 2.42. The zero-order valence-corrected chi connectivity index (χ0v) is 13.7. The number of rotatable bonds is 4. The Morgan fingerprint density at radius 2 is 1.92 bits per heavy atom. The Balaban J connectivity index is 2.01. The molecule has 0 saturated heterocycles. The Labute approximate surface area is 142 Å². The fourth-order valence-corrected chi connectivity index (χ4v) is 2.72. The molecule has 122 valence electrons. The molecular weight excluding hydrogens is 326 g/mol. The zero-order chi connectivity index (χ0) is 17.1. The Bertz CT molecular complexity index is 1010. The number of fused-ring (bicyclic) bond motifs is 1. The Morgan fingerprint density at radius 1 is 1.21 bits per heavy atom. The van der Waals surface area contributed by atoms with Gasteiger partial charge in [-0.2, -0.15) is 0 Å². The summed E-state index contributed by atoms with van der Waals surface area (Å²) >= 11 is 5.31. The van der Waals surface area contributed by atoms with Gasteiger partial charge in [0, 0.05) is 12.8 Å². The van der Waals surface area contributed by atoms with Crippen LogP contribution < -0.4 is 10.9 Å². The lowest BCUT2D eigenvalue weighted by atomic mass is 10.2. The summed E-state index contributed by atoms with van der Waals surface area (Å²) < 4.78 is 6.51. The summed E-state index contributed by atoms with van der Waals surface area (Å²) in [6.45, 7) is -0.0167. The lowest BCUT2D eigenvalue weighted by molar-refractivity contribution is -0.119. The molecule has 2 aromatic carbocycles. The van der Waals surface area contributed by atoms with Crippen LogP contribution in [0.4, 0.5) is 5.69 Å². The molecule has 0 aliphatic carbocycles. The van der Waals surface area contributed by atoms with Crippen molar-refractivity contribution in [1.29, 1.82) is 0 Å². The van der Waals surface area contributed by atoms with Crippen LogP contribution in [0.1, 0.15) is 0 Å². The van der Waals surface area contributed by atoms with Gasteiger partial charge < -0.3 is 15.0 Å². The van der Waals surface area contributed by atoms with E-state index in [4.69, 9.17) is 17.0 Å². The van der Waals surface area contributed by atoms with Gasteiger partial charge in [-0.15, -0.1) is 0 Å². The molecule has 0 saturated carbocycles. The molecule has 3 rings (SSSR count). The lowest BCUT2D eigenvalue weighted by Crippen LogP contribution is -2.20. The monoisotopic (exact) mass is 341 g/mol. The highest BCUT2D eigenvalue weighted by Crippen LogP contribution is 2.14. The number of aromatic nitrogens is 2. The smallest absolute Gasteiger partial charge is 0.266 e. The third-order valence-electron chi connectivity index (χ3n) is 3.49. The maximum atomic E-state index is 12.7. The maximum Gasteiger partial charge on any atom is 0.266 e. The molecule has 0 radical (unpaired) electrons. The Kier molecular flexibility index (Phi) is 4.54. The van der Waals surface area contributed by atoms with E-state index in [1.54, 1.807) is 36.4 Å². The molecule has 0 aliphatic rings. The van der Waals surface area contributed by atoms with E-state index in [9.17, 15) is 9.59 Å². The number of amides is 1. The van der Waals surface area contributed by atoms with Crippen LogP contribution in [-0.2, 0) is 9.53 Å². The lowest BCUT2D eigenvalue weighted by Gasteiger charge is -2.09. The van der Waals surface area contributed by atoms with Gasteiger partial charge in [-0.25, -0.2) is 0 Å². The largest absolute Gasteiger partial charge is 0.375 e. The number of H-pyrrole nitrogens is 1. The van der Waals surface area contributed by atoms with Gasteiger partial charge >= 0.3 is 0 Å². The molecule has 0 aliphatic heterocycles. The van der Waals surface area contributed by atoms with Crippen molar-refractivity contribution in [1.82, 2.24) is 9.55 Å². The summed E-state index contributed by atoms with van der Waals surface area (Å²) in [4.78, 5) is 27.2. The first-order valence-electron chi connectivity index (χ1n) is 7.23. The van der Waals surface area contributed by atoms with Crippen LogP contribution in [0, 0.1) is 4.77 Å². The highest BCUT2D eigenvalue weighted by Gasteiger charge is 2.08. The number of aromatic amines is 1. The molecule has 0 atom stereocenters. The van der Waals surface area contributed by atoms with Crippen molar-refractivity contribution in [2.75, 3.05) is 19.0 Å². The van der Waals surface area contributed by atoms with E-state index >= 15 is 0 Å². The number of hydrogen-bond donors (Lipinski definition) is 2. The number of ether oxygens (including phenoxy) is 1. The minimum Gasteiger partial charge on any atom is -0.375 e. The average molecular weight is 341 g/mol. The third kappa shape index (κ3) is 3.12. The summed E-state index contributed by atoms with van der Waals surface area (Å²) in [6.07, 6.45) is 0. The number of nitrogens with one attached hydrogen (secondary N) is 2. The second kappa shape index (κ2) is 6.77. The molecule has 7 heteroatoms. The summed E-state index contributed by atoms with van der Waals surface area (Å²) in [5.41, 5.74) is 1.75. The first-order chi connectivity index (χ1) is 11.6. The average Bonchev–Trinajstić information content (AvgIpc) is 2.56. The zero-order valence-electron chi connectivity index (χ0n) is 12.9. The molecule has 3 aromatic rings. The third-order valence-corrected chi connectivity index (χ3v) is 3.77. The number of benzene rings is 2. The fraction of sp³-hybridized carbons (Fsp3) is 0.118. The molecule has 1 amide bonds. The van der Waals surface area contributed by atoms with Crippen LogP contribution in [-0.4, -0.2) is 29.2 Å². The predicted octanol–water partition coefficient (Wildman–Crippen LogP) is 2.63. The molecule has 2 N–H and O–H groups in total. The number of para-hydroxylation sites is 1. The first kappa shape index (κ1) is 16.1. The number of hydrogen-bond acceptors (Lipinski definition) is 4. The number of anilines is 1. The number of carbonyl (C=O) groups excluding carboxylic acids is 1. The summed E-state index contributed by atoms with van der Waals surface area (Å²) in [5, 5.41) is 3.25. The van der Waals surface area contributed by atoms with Crippen molar-refractivity contribution in [2.45, 2.75) is 0 Å². The van der Waals surface area contributed by atoms with Crippen molar-refractivity contribution >= 4 is 34.7 Å². The summed E-state index contributed by atoms with van der Waals surface area (Å²) in [5.74, 6) is -0.245. The molecule has 1 heterocycles. The van der Waals surface area contributed by atoms with Crippen LogP contribution in [0.2, 0.25) is 0 Å². The molecule has 0 unspecified atom stereocenters. The van der Waals surface area contributed by atoms with Gasteiger partial charge in [0.05, 0.1) is 16.6 Å². The molecule has 1 aromatic heterocycles. The molecule has 6 nitrogen and oxygen atoms in total. The van der Waals surface area contributed by atoms with Crippen LogP contribution in [0.25, 0.3) is 16.6 Å². The van der Waals surface area contributed by atoms with Gasteiger partial charge in [0.1, 0.15) is 6.61 Å². The predicted molar refractivity (Wildman–Crippen MR) is 95.2 cm³/mol. The van der Waals surface area contributed by atoms with E-state index in [0.717, 1.165) is 0 Å². The van der Waals surface area contributed by atoms with E-state index in [-0.39, 0.29) is 18.1 Å². The molecular formula is C17H15N3O3S. The van der Waals surface area contributed by atoms with Crippen LogP contribution >= 0.6 is 12.2 Å². The second-order valence-electron chi connectivity index (χ2n) is 5.14. The number of nitrogens with zero attached hydrogens (tertiary/aromatic N) is 1. The molecule has 24 heavy (non-hydrogen) atoms. The van der Waals surface area contributed by atoms with E-state index in [0.29, 0.717) is 27.0 Å². The quantitative estimate of drug-likeness (QED) is 0.715. The van der Waals surface area contributed by atoms with Crippen LogP contribution in [0.5, 0.6) is 0 Å². The van der Waals surface area contributed by atoms with Crippen LogP contribution in [0.3, 0.4) is 0 Å². The van der Waals surface area contributed by atoms with Crippen molar-refractivity contribution in [3.05, 3.63) is 63.7 Å². The topological polar surface area (TPSA) is 76.1 Å². The Morgan fingerprint density at radius 3 is 2.62 bits per heavy atom. The Hall–Kier alpha value is -2.77. The summed E-state index contributed by atoms with van der Waals surface area (Å²) in [6, 6.07) is 14.1. The summed E-state index contributed by atoms with van der Waals surface area (Å²) in [7, 11) is 1.45. The van der Waals surface area contributed by atoms with Gasteiger partial charge in [0.15, 0.2) is 4.77 Å². The highest BCUT2D eigenvalue weighted by atomic mass is 32.1. The van der Waals surface area contributed by atoms with Gasteiger partial charge in [-0.1, -0.05) is 12.1 Å². The van der Waals surface area contributed by atoms with E-state index in [2.05, 4.69) is 10.3 Å². The van der Waals surface area contributed by atoms with Crippen molar-refractivity contribution in [3.63, 3.8) is 0 Å². The van der Waals surface area contributed by atoms with Crippen molar-refractivity contribution in [2.24, 2.45) is 0 Å². The molecule has 0 fully saturated rings. The second-order valence-corrected chi connectivity index (χ2v) is 5.53. The van der Waals surface area contributed by atoms with Crippen LogP contribution in [0.15, 0.2) is 53.3 Å².